The van der Waals surface area contributed by atoms with Gasteiger partial charge in [-0.3, -0.25) is 4.79 Å². The molecule has 1 aromatic rings. The zero-order valence-electron chi connectivity index (χ0n) is 12.2. The summed E-state index contributed by atoms with van der Waals surface area (Å²) >= 11 is 2.03. The average Bonchev–Trinajstić information content (AvgIpc) is 2.45. The quantitative estimate of drug-likeness (QED) is 0.838. The van der Waals surface area contributed by atoms with Gasteiger partial charge in [0.2, 0.25) is 0 Å². The fourth-order valence-electron chi connectivity index (χ4n) is 2.34. The van der Waals surface area contributed by atoms with Crippen molar-refractivity contribution in [1.82, 2.24) is 4.90 Å². The number of nitrogens with zero attached hydrogens (tertiary/aromatic N) is 1. The van der Waals surface area contributed by atoms with Gasteiger partial charge in [0.15, 0.2) is 0 Å². The largest absolute Gasteiger partial charge is 0.399 e. The van der Waals surface area contributed by atoms with Crippen LogP contribution in [0.3, 0.4) is 0 Å². The maximum atomic E-state index is 12.2. The van der Waals surface area contributed by atoms with E-state index in [0.29, 0.717) is 17.2 Å². The number of benzene rings is 1. The first-order chi connectivity index (χ1) is 9.58. The third kappa shape index (κ3) is 3.82. The lowest BCUT2D eigenvalue weighted by atomic mass is 10.0. The number of nitrogens with one attached hydrogen (secondary N) is 1. The minimum absolute atomic E-state index is 0.00620. The standard InChI is InChI=1S/C15H23N3OS/c1-18(2)15(19)13-4-3-12(16)9-14(13)17-10-11-5-7-20-8-6-11/h3-4,9,11,17H,5-8,10,16H2,1-2H3. The Bertz CT molecular complexity index is 470. The first-order valence-corrected chi connectivity index (χ1v) is 8.16. The highest BCUT2D eigenvalue weighted by Gasteiger charge is 2.17. The van der Waals surface area contributed by atoms with Gasteiger partial charge in [0.1, 0.15) is 0 Å². The number of anilines is 2. The summed E-state index contributed by atoms with van der Waals surface area (Å²) in [6, 6.07) is 5.43. The molecule has 0 unspecified atom stereocenters. The Morgan fingerprint density at radius 2 is 2.10 bits per heavy atom. The van der Waals surface area contributed by atoms with Gasteiger partial charge < -0.3 is 16.0 Å². The first kappa shape index (κ1) is 15.0. The van der Waals surface area contributed by atoms with Crippen LogP contribution in [0.2, 0.25) is 0 Å². The van der Waals surface area contributed by atoms with E-state index < -0.39 is 0 Å². The summed E-state index contributed by atoms with van der Waals surface area (Å²) in [6.45, 7) is 0.914. The fraction of sp³-hybridized carbons (Fsp3) is 0.533. The molecule has 0 saturated carbocycles. The summed E-state index contributed by atoms with van der Waals surface area (Å²) in [4.78, 5) is 13.8. The van der Waals surface area contributed by atoms with Crippen LogP contribution in [0.25, 0.3) is 0 Å². The topological polar surface area (TPSA) is 58.4 Å². The number of rotatable bonds is 4. The highest BCUT2D eigenvalue weighted by molar-refractivity contribution is 7.99. The summed E-state index contributed by atoms with van der Waals surface area (Å²) in [5.74, 6) is 3.19. The number of hydrogen-bond donors (Lipinski definition) is 2. The summed E-state index contributed by atoms with van der Waals surface area (Å²) in [5.41, 5.74) is 8.06. The number of nitrogen functional groups attached to an aromatic ring is 1. The van der Waals surface area contributed by atoms with E-state index in [4.69, 9.17) is 5.73 Å². The summed E-state index contributed by atoms with van der Waals surface area (Å²) in [5, 5.41) is 3.42. The number of hydrogen-bond acceptors (Lipinski definition) is 4. The van der Waals surface area contributed by atoms with E-state index in [9.17, 15) is 4.79 Å². The smallest absolute Gasteiger partial charge is 0.255 e. The highest BCUT2D eigenvalue weighted by Crippen LogP contribution is 2.25. The van der Waals surface area contributed by atoms with Crippen LogP contribution in [0.1, 0.15) is 23.2 Å². The second-order valence-corrected chi connectivity index (χ2v) is 6.67. The maximum absolute atomic E-state index is 12.2. The van der Waals surface area contributed by atoms with Gasteiger partial charge in [0, 0.05) is 32.0 Å². The molecule has 4 nitrogen and oxygen atoms in total. The Hall–Kier alpha value is -1.36. The van der Waals surface area contributed by atoms with Crippen LogP contribution in [-0.4, -0.2) is 43.0 Å². The van der Waals surface area contributed by atoms with E-state index in [-0.39, 0.29) is 5.91 Å². The molecule has 2 rings (SSSR count). The van der Waals surface area contributed by atoms with Crippen molar-refractivity contribution in [3.8, 4) is 0 Å². The number of carbonyl (C=O) groups is 1. The third-order valence-corrected chi connectivity index (χ3v) is 4.65. The van der Waals surface area contributed by atoms with Crippen molar-refractivity contribution in [2.24, 2.45) is 5.92 Å². The molecule has 1 fully saturated rings. The van der Waals surface area contributed by atoms with Crippen molar-refractivity contribution in [2.45, 2.75) is 12.8 Å². The molecule has 1 saturated heterocycles. The Labute approximate surface area is 125 Å². The van der Waals surface area contributed by atoms with Gasteiger partial charge in [-0.1, -0.05) is 0 Å². The summed E-state index contributed by atoms with van der Waals surface area (Å²) < 4.78 is 0. The van der Waals surface area contributed by atoms with Crippen molar-refractivity contribution in [3.63, 3.8) is 0 Å². The number of amides is 1. The molecule has 110 valence electrons. The van der Waals surface area contributed by atoms with Crippen molar-refractivity contribution in [3.05, 3.63) is 23.8 Å². The third-order valence-electron chi connectivity index (χ3n) is 3.60. The van der Waals surface area contributed by atoms with Gasteiger partial charge in [-0.05, 0) is 48.5 Å². The Kier molecular flexibility index (Phi) is 5.17. The molecular formula is C15H23N3OS. The average molecular weight is 293 g/mol. The van der Waals surface area contributed by atoms with Gasteiger partial charge in [-0.15, -0.1) is 0 Å². The van der Waals surface area contributed by atoms with Crippen LogP contribution >= 0.6 is 11.8 Å². The minimum Gasteiger partial charge on any atom is -0.399 e. The van der Waals surface area contributed by atoms with Gasteiger partial charge in [-0.2, -0.15) is 11.8 Å². The maximum Gasteiger partial charge on any atom is 0.255 e. The Morgan fingerprint density at radius 1 is 1.40 bits per heavy atom. The molecule has 1 amide bonds. The second-order valence-electron chi connectivity index (χ2n) is 5.44. The molecule has 1 heterocycles. The van der Waals surface area contributed by atoms with Crippen molar-refractivity contribution in [1.29, 1.82) is 0 Å². The number of nitrogens with two attached hydrogens (primary N) is 1. The molecule has 0 radical (unpaired) electrons. The van der Waals surface area contributed by atoms with Gasteiger partial charge in [0.25, 0.3) is 5.91 Å². The van der Waals surface area contributed by atoms with E-state index in [0.717, 1.165) is 12.2 Å². The van der Waals surface area contributed by atoms with E-state index in [2.05, 4.69) is 5.32 Å². The predicted molar refractivity (Wildman–Crippen MR) is 87.4 cm³/mol. The zero-order valence-corrected chi connectivity index (χ0v) is 13.0. The molecule has 1 aliphatic rings. The molecule has 3 N–H and O–H groups in total. The van der Waals surface area contributed by atoms with Crippen LogP contribution in [0.5, 0.6) is 0 Å². The zero-order chi connectivity index (χ0) is 14.5. The molecular weight excluding hydrogens is 270 g/mol. The number of thioether (sulfide) groups is 1. The monoisotopic (exact) mass is 293 g/mol. The van der Waals surface area contributed by atoms with Crippen molar-refractivity contribution in [2.75, 3.05) is 43.2 Å². The van der Waals surface area contributed by atoms with Crippen LogP contribution in [-0.2, 0) is 0 Å². The van der Waals surface area contributed by atoms with Gasteiger partial charge in [-0.25, -0.2) is 0 Å². The molecule has 0 bridgehead atoms. The normalized spacial score (nSPS) is 15.9. The van der Waals surface area contributed by atoms with Crippen LogP contribution < -0.4 is 11.1 Å². The lowest BCUT2D eigenvalue weighted by Crippen LogP contribution is -2.24. The Balaban J connectivity index is 2.08. The molecule has 1 aliphatic heterocycles. The highest BCUT2D eigenvalue weighted by atomic mass is 32.2. The summed E-state index contributed by atoms with van der Waals surface area (Å²) in [6.07, 6.45) is 2.49. The minimum atomic E-state index is 0.00620. The molecule has 0 atom stereocenters. The molecule has 1 aromatic carbocycles. The molecule has 5 heteroatoms. The Morgan fingerprint density at radius 3 is 2.75 bits per heavy atom. The van der Waals surface area contributed by atoms with Gasteiger partial charge in [0.05, 0.1) is 5.56 Å². The number of carbonyl (C=O) groups excluding carboxylic acids is 1. The molecule has 0 aliphatic carbocycles. The molecule has 20 heavy (non-hydrogen) atoms. The van der Waals surface area contributed by atoms with Crippen molar-refractivity contribution < 1.29 is 4.79 Å². The second kappa shape index (κ2) is 6.88. The lowest BCUT2D eigenvalue weighted by Gasteiger charge is -2.23. The molecule has 0 spiro atoms. The SMILES string of the molecule is CN(C)C(=O)c1ccc(N)cc1NCC1CCSCC1. The van der Waals surface area contributed by atoms with Crippen LogP contribution in [0.4, 0.5) is 11.4 Å². The van der Waals surface area contributed by atoms with Crippen LogP contribution in [0, 0.1) is 5.92 Å². The van der Waals surface area contributed by atoms with E-state index in [1.165, 1.54) is 24.3 Å². The van der Waals surface area contributed by atoms with Crippen LogP contribution in [0.15, 0.2) is 18.2 Å². The van der Waals surface area contributed by atoms with E-state index >= 15 is 0 Å². The van der Waals surface area contributed by atoms with E-state index in [1.54, 1.807) is 31.1 Å². The molecule has 0 aromatic heterocycles. The summed E-state index contributed by atoms with van der Waals surface area (Å²) in [7, 11) is 3.53. The predicted octanol–water partition coefficient (Wildman–Crippen LogP) is 2.53. The fourth-order valence-corrected chi connectivity index (χ4v) is 3.54. The van der Waals surface area contributed by atoms with Gasteiger partial charge >= 0.3 is 0 Å². The lowest BCUT2D eigenvalue weighted by molar-refractivity contribution is 0.0828. The first-order valence-electron chi connectivity index (χ1n) is 7.00. The van der Waals surface area contributed by atoms with E-state index in [1.807, 2.05) is 17.8 Å². The van der Waals surface area contributed by atoms with Crippen molar-refractivity contribution >= 4 is 29.0 Å².